The molecule has 0 radical (unpaired) electrons. The summed E-state index contributed by atoms with van der Waals surface area (Å²) in [7, 11) is 0. The van der Waals surface area contributed by atoms with Gasteiger partial charge in [-0.15, -0.1) is 5.10 Å². The first-order chi connectivity index (χ1) is 11.9. The normalized spacial score (nSPS) is 10.6. The summed E-state index contributed by atoms with van der Waals surface area (Å²) in [4.78, 5) is 13.9. The lowest BCUT2D eigenvalue weighted by Crippen LogP contribution is -2.30. The van der Waals surface area contributed by atoms with Gasteiger partial charge in [0, 0.05) is 5.02 Å². The Bertz CT molecular complexity index is 935. The highest BCUT2D eigenvalue weighted by atomic mass is 35.5. The van der Waals surface area contributed by atoms with Crippen LogP contribution in [0, 0.1) is 20.8 Å². The van der Waals surface area contributed by atoms with Crippen LogP contribution in [0.15, 0.2) is 42.5 Å². The number of carbonyl (C=O) groups is 1. The number of hydrazine groups is 1. The molecule has 0 unspecified atom stereocenters. The predicted octanol–water partition coefficient (Wildman–Crippen LogP) is 3.60. The molecule has 0 saturated carbocycles. The third-order valence-corrected chi connectivity index (χ3v) is 3.95. The molecule has 0 saturated heterocycles. The van der Waals surface area contributed by atoms with Crippen molar-refractivity contribution in [2.24, 2.45) is 0 Å². The fraction of sp³-hybridized carbons (Fsp3) is 0.167. The van der Waals surface area contributed by atoms with Crippen LogP contribution in [0.4, 0.5) is 5.69 Å². The lowest BCUT2D eigenvalue weighted by atomic mass is 10.1. The number of aryl methyl sites for hydroxylation is 3. The Morgan fingerprint density at radius 3 is 2.60 bits per heavy atom. The second-order valence-electron chi connectivity index (χ2n) is 5.80. The number of aromatic nitrogens is 3. The van der Waals surface area contributed by atoms with E-state index in [0.29, 0.717) is 16.4 Å². The predicted molar refractivity (Wildman–Crippen MR) is 98.1 cm³/mol. The number of nitrogens with zero attached hydrogens (tertiary/aromatic N) is 3. The molecule has 3 rings (SSSR count). The van der Waals surface area contributed by atoms with E-state index in [2.05, 4.69) is 27.1 Å². The van der Waals surface area contributed by atoms with E-state index in [-0.39, 0.29) is 11.6 Å². The van der Waals surface area contributed by atoms with Crippen LogP contribution in [0.3, 0.4) is 0 Å². The van der Waals surface area contributed by atoms with Gasteiger partial charge in [-0.2, -0.15) is 9.90 Å². The summed E-state index contributed by atoms with van der Waals surface area (Å²) in [5.41, 5.74) is 9.96. The van der Waals surface area contributed by atoms with Crippen molar-refractivity contribution in [2.75, 3.05) is 5.43 Å². The van der Waals surface area contributed by atoms with Crippen molar-refractivity contribution < 1.29 is 4.79 Å². The Kier molecular flexibility index (Phi) is 4.72. The molecule has 0 bridgehead atoms. The van der Waals surface area contributed by atoms with E-state index in [1.165, 1.54) is 4.80 Å². The minimum absolute atomic E-state index is 0.259. The van der Waals surface area contributed by atoms with E-state index in [9.17, 15) is 4.79 Å². The number of hydrogen-bond donors (Lipinski definition) is 2. The molecule has 128 valence electrons. The number of nitrogens with one attached hydrogen (secondary N) is 2. The van der Waals surface area contributed by atoms with Gasteiger partial charge in [0.05, 0.1) is 17.1 Å². The van der Waals surface area contributed by atoms with Gasteiger partial charge in [0.25, 0.3) is 5.91 Å². The topological polar surface area (TPSA) is 71.8 Å². The maximum absolute atomic E-state index is 12.4. The van der Waals surface area contributed by atoms with Crippen LogP contribution < -0.4 is 10.9 Å². The first kappa shape index (κ1) is 17.0. The second kappa shape index (κ2) is 6.94. The van der Waals surface area contributed by atoms with Crippen LogP contribution in [0.2, 0.25) is 5.02 Å². The van der Waals surface area contributed by atoms with Crippen LogP contribution in [-0.2, 0) is 0 Å². The van der Waals surface area contributed by atoms with Gasteiger partial charge in [0.15, 0.2) is 5.69 Å². The fourth-order valence-corrected chi connectivity index (χ4v) is 2.67. The summed E-state index contributed by atoms with van der Waals surface area (Å²) < 4.78 is 0. The molecule has 6 nitrogen and oxygen atoms in total. The molecule has 0 fully saturated rings. The largest absolute Gasteiger partial charge is 0.298 e. The standard InChI is InChI=1S/C18H18ClN5O/c1-11-7-8-16(12(2)9-11)24-22-13(3)17(23-24)18(25)21-20-15-6-4-5-14(19)10-15/h4-10,20H,1-3H3,(H,21,25). The Labute approximate surface area is 150 Å². The Hall–Kier alpha value is -2.86. The van der Waals surface area contributed by atoms with Gasteiger partial charge in [0.1, 0.15) is 0 Å². The molecule has 2 N–H and O–H groups in total. The van der Waals surface area contributed by atoms with Crippen molar-refractivity contribution in [1.29, 1.82) is 0 Å². The SMILES string of the molecule is Cc1ccc(-n2nc(C)c(C(=O)NNc3cccc(Cl)c3)n2)c(C)c1. The summed E-state index contributed by atoms with van der Waals surface area (Å²) >= 11 is 5.92. The number of rotatable bonds is 4. The fourth-order valence-electron chi connectivity index (χ4n) is 2.48. The van der Waals surface area contributed by atoms with Crippen molar-refractivity contribution in [3.63, 3.8) is 0 Å². The highest BCUT2D eigenvalue weighted by molar-refractivity contribution is 6.30. The Morgan fingerprint density at radius 2 is 1.88 bits per heavy atom. The summed E-state index contributed by atoms with van der Waals surface area (Å²) in [5.74, 6) is -0.367. The van der Waals surface area contributed by atoms with Crippen LogP contribution in [-0.4, -0.2) is 20.9 Å². The molecule has 1 heterocycles. The number of benzene rings is 2. The first-order valence-corrected chi connectivity index (χ1v) is 8.15. The van der Waals surface area contributed by atoms with Crippen LogP contribution in [0.1, 0.15) is 27.3 Å². The molecule has 1 amide bonds. The minimum Gasteiger partial charge on any atom is -0.298 e. The monoisotopic (exact) mass is 355 g/mol. The summed E-state index contributed by atoms with van der Waals surface area (Å²) in [5, 5.41) is 9.26. The van der Waals surface area contributed by atoms with E-state index in [4.69, 9.17) is 11.6 Å². The average Bonchev–Trinajstić information content (AvgIpc) is 2.94. The number of hydrogen-bond acceptors (Lipinski definition) is 4. The van der Waals surface area contributed by atoms with Crippen molar-refractivity contribution in [1.82, 2.24) is 20.4 Å². The molecule has 0 atom stereocenters. The lowest BCUT2D eigenvalue weighted by Gasteiger charge is -2.07. The van der Waals surface area contributed by atoms with Gasteiger partial charge in [-0.05, 0) is 50.6 Å². The highest BCUT2D eigenvalue weighted by Crippen LogP contribution is 2.16. The van der Waals surface area contributed by atoms with Crippen LogP contribution >= 0.6 is 11.6 Å². The minimum atomic E-state index is -0.367. The maximum Gasteiger partial charge on any atom is 0.292 e. The quantitative estimate of drug-likeness (QED) is 0.701. The van der Waals surface area contributed by atoms with Gasteiger partial charge in [0.2, 0.25) is 0 Å². The lowest BCUT2D eigenvalue weighted by molar-refractivity contribution is 0.0956. The summed E-state index contributed by atoms with van der Waals surface area (Å²) in [6.07, 6.45) is 0. The summed E-state index contributed by atoms with van der Waals surface area (Å²) in [6, 6.07) is 13.0. The molecular formula is C18H18ClN5O. The Morgan fingerprint density at radius 1 is 1.08 bits per heavy atom. The number of halogens is 1. The van der Waals surface area contributed by atoms with Crippen molar-refractivity contribution >= 4 is 23.2 Å². The highest BCUT2D eigenvalue weighted by Gasteiger charge is 2.17. The maximum atomic E-state index is 12.4. The molecule has 0 aliphatic rings. The number of anilines is 1. The number of carbonyl (C=O) groups excluding carboxylic acids is 1. The zero-order valence-electron chi connectivity index (χ0n) is 14.2. The van der Waals surface area contributed by atoms with Gasteiger partial charge < -0.3 is 0 Å². The Balaban J connectivity index is 1.78. The van der Waals surface area contributed by atoms with E-state index < -0.39 is 0 Å². The molecule has 2 aromatic carbocycles. The van der Waals surface area contributed by atoms with Crippen LogP contribution in [0.5, 0.6) is 0 Å². The van der Waals surface area contributed by atoms with Crippen LogP contribution in [0.25, 0.3) is 5.69 Å². The molecule has 7 heteroatoms. The first-order valence-electron chi connectivity index (χ1n) is 7.77. The average molecular weight is 356 g/mol. The smallest absolute Gasteiger partial charge is 0.292 e. The van der Waals surface area contributed by atoms with E-state index in [1.807, 2.05) is 26.0 Å². The van der Waals surface area contributed by atoms with Gasteiger partial charge >= 0.3 is 0 Å². The number of amides is 1. The molecule has 3 aromatic rings. The molecule has 1 aromatic heterocycles. The third kappa shape index (κ3) is 3.80. The molecule has 0 aliphatic heterocycles. The molecular weight excluding hydrogens is 338 g/mol. The zero-order valence-corrected chi connectivity index (χ0v) is 14.9. The molecule has 25 heavy (non-hydrogen) atoms. The van der Waals surface area contributed by atoms with Gasteiger partial charge in [-0.25, -0.2) is 0 Å². The summed E-state index contributed by atoms with van der Waals surface area (Å²) in [6.45, 7) is 5.77. The van der Waals surface area contributed by atoms with Gasteiger partial charge in [-0.3, -0.25) is 15.6 Å². The van der Waals surface area contributed by atoms with Gasteiger partial charge in [-0.1, -0.05) is 35.4 Å². The van der Waals surface area contributed by atoms with Crippen molar-refractivity contribution in [3.8, 4) is 5.69 Å². The second-order valence-corrected chi connectivity index (χ2v) is 6.24. The van der Waals surface area contributed by atoms with E-state index >= 15 is 0 Å². The zero-order chi connectivity index (χ0) is 18.0. The van der Waals surface area contributed by atoms with E-state index in [0.717, 1.165) is 16.8 Å². The van der Waals surface area contributed by atoms with Crippen molar-refractivity contribution in [3.05, 3.63) is 70.0 Å². The molecule has 0 spiro atoms. The molecule has 0 aliphatic carbocycles. The third-order valence-electron chi connectivity index (χ3n) is 3.71. The van der Waals surface area contributed by atoms with E-state index in [1.54, 1.807) is 31.2 Å². The van der Waals surface area contributed by atoms with Crippen molar-refractivity contribution in [2.45, 2.75) is 20.8 Å².